The normalized spacial score (nSPS) is 16.5. The largest absolute Gasteiger partial charge is 0.496 e. The highest BCUT2D eigenvalue weighted by Crippen LogP contribution is 2.25. The third-order valence-corrected chi connectivity index (χ3v) is 7.57. The summed E-state index contributed by atoms with van der Waals surface area (Å²) in [5.74, 6) is 0.378. The Morgan fingerprint density at radius 2 is 1.71 bits per heavy atom. The van der Waals surface area contributed by atoms with Crippen molar-refractivity contribution >= 4 is 20.0 Å². The van der Waals surface area contributed by atoms with Crippen molar-refractivity contribution in [2.75, 3.05) is 32.5 Å². The molecule has 1 fully saturated rings. The molecule has 0 bridgehead atoms. The Labute approximate surface area is 144 Å². The molecule has 0 atom stereocenters. The van der Waals surface area contributed by atoms with Gasteiger partial charge in [0.25, 0.3) is 0 Å². The predicted molar refractivity (Wildman–Crippen MR) is 92.3 cm³/mol. The van der Waals surface area contributed by atoms with E-state index in [1.165, 1.54) is 17.5 Å². The van der Waals surface area contributed by atoms with E-state index < -0.39 is 20.0 Å². The second-order valence-corrected chi connectivity index (χ2v) is 9.73. The number of aryl methyl sites for hydroxylation is 2. The van der Waals surface area contributed by atoms with Crippen molar-refractivity contribution in [2.45, 2.75) is 31.6 Å². The summed E-state index contributed by atoms with van der Waals surface area (Å²) in [6.45, 7) is 4.33. The van der Waals surface area contributed by atoms with E-state index in [0.29, 0.717) is 30.0 Å². The van der Waals surface area contributed by atoms with E-state index in [1.807, 2.05) is 0 Å². The third-order valence-electron chi connectivity index (χ3n) is 4.09. The minimum atomic E-state index is -3.77. The van der Waals surface area contributed by atoms with Crippen LogP contribution in [0.5, 0.6) is 5.75 Å². The molecule has 7 nitrogen and oxygen atoms in total. The molecule has 9 heteroatoms. The number of nitrogens with zero attached hydrogens (tertiary/aromatic N) is 1. The van der Waals surface area contributed by atoms with Crippen molar-refractivity contribution in [3.05, 3.63) is 23.3 Å². The second kappa shape index (κ2) is 7.38. The van der Waals surface area contributed by atoms with Gasteiger partial charge in [-0.15, -0.1) is 0 Å². The maximum atomic E-state index is 12.5. The van der Waals surface area contributed by atoms with Crippen molar-refractivity contribution in [3.8, 4) is 5.75 Å². The SMILES string of the molecule is COc1cc(C)c(S(=O)(=O)NCCS(=O)(=O)N2CCCC2)cc1C. The fourth-order valence-corrected chi connectivity index (χ4v) is 5.65. The van der Waals surface area contributed by atoms with Gasteiger partial charge in [-0.05, 0) is 49.9 Å². The van der Waals surface area contributed by atoms with Crippen LogP contribution in [0, 0.1) is 13.8 Å². The molecule has 1 N–H and O–H groups in total. The van der Waals surface area contributed by atoms with Crippen molar-refractivity contribution in [1.82, 2.24) is 9.03 Å². The average Bonchev–Trinajstić information content (AvgIpc) is 3.03. The molecule has 0 unspecified atom stereocenters. The molecule has 1 aromatic carbocycles. The zero-order chi connectivity index (χ0) is 18.0. The Hall–Kier alpha value is -1.16. The number of ether oxygens (including phenoxy) is 1. The van der Waals surface area contributed by atoms with Gasteiger partial charge in [0.2, 0.25) is 20.0 Å². The minimum Gasteiger partial charge on any atom is -0.496 e. The topological polar surface area (TPSA) is 92.8 Å². The van der Waals surface area contributed by atoms with Crippen LogP contribution >= 0.6 is 0 Å². The monoisotopic (exact) mass is 376 g/mol. The Kier molecular flexibility index (Phi) is 5.90. The van der Waals surface area contributed by atoms with Crippen molar-refractivity contribution < 1.29 is 21.6 Å². The van der Waals surface area contributed by atoms with Crippen LogP contribution in [0.1, 0.15) is 24.0 Å². The minimum absolute atomic E-state index is 0.138. The van der Waals surface area contributed by atoms with Crippen LogP contribution in [0.3, 0.4) is 0 Å². The maximum Gasteiger partial charge on any atom is 0.240 e. The highest BCUT2D eigenvalue weighted by Gasteiger charge is 2.26. The van der Waals surface area contributed by atoms with Crippen molar-refractivity contribution in [1.29, 1.82) is 0 Å². The first kappa shape index (κ1) is 19.2. The Balaban J connectivity index is 2.08. The van der Waals surface area contributed by atoms with Crippen LogP contribution in [0.15, 0.2) is 17.0 Å². The summed E-state index contributed by atoms with van der Waals surface area (Å²) in [5.41, 5.74) is 1.25. The second-order valence-electron chi connectivity index (χ2n) is 5.91. The van der Waals surface area contributed by atoms with Crippen LogP contribution in [0.4, 0.5) is 0 Å². The van der Waals surface area contributed by atoms with Gasteiger partial charge in [-0.1, -0.05) is 0 Å². The molecule has 0 spiro atoms. The molecule has 0 saturated carbocycles. The van der Waals surface area contributed by atoms with Gasteiger partial charge in [0, 0.05) is 19.6 Å². The summed E-state index contributed by atoms with van der Waals surface area (Å²) in [5, 5.41) is 0. The smallest absolute Gasteiger partial charge is 0.240 e. The van der Waals surface area contributed by atoms with Crippen LogP contribution < -0.4 is 9.46 Å². The number of hydrogen-bond donors (Lipinski definition) is 1. The maximum absolute atomic E-state index is 12.5. The van der Waals surface area contributed by atoms with Gasteiger partial charge in [-0.3, -0.25) is 0 Å². The quantitative estimate of drug-likeness (QED) is 0.767. The van der Waals surface area contributed by atoms with Gasteiger partial charge in [0.05, 0.1) is 17.8 Å². The number of nitrogens with one attached hydrogen (secondary N) is 1. The molecule has 2 rings (SSSR count). The molecule has 0 amide bonds. The van der Waals surface area contributed by atoms with Gasteiger partial charge < -0.3 is 4.74 Å². The van der Waals surface area contributed by atoms with Crippen LogP contribution in [0.25, 0.3) is 0 Å². The third kappa shape index (κ3) is 4.27. The highest BCUT2D eigenvalue weighted by atomic mass is 32.2. The number of benzene rings is 1. The van der Waals surface area contributed by atoms with E-state index in [-0.39, 0.29) is 17.2 Å². The molecule has 0 aliphatic carbocycles. The first-order valence-corrected chi connectivity index (χ1v) is 10.9. The van der Waals surface area contributed by atoms with E-state index in [2.05, 4.69) is 4.72 Å². The van der Waals surface area contributed by atoms with E-state index in [9.17, 15) is 16.8 Å². The van der Waals surface area contributed by atoms with Gasteiger partial charge in [-0.25, -0.2) is 25.9 Å². The lowest BCUT2D eigenvalue weighted by atomic mass is 10.1. The van der Waals surface area contributed by atoms with Gasteiger partial charge in [0.15, 0.2) is 0 Å². The molecule has 1 aromatic rings. The van der Waals surface area contributed by atoms with Crippen LogP contribution in [-0.2, 0) is 20.0 Å². The highest BCUT2D eigenvalue weighted by molar-refractivity contribution is 7.90. The van der Waals surface area contributed by atoms with Gasteiger partial charge >= 0.3 is 0 Å². The lowest BCUT2D eigenvalue weighted by Gasteiger charge is -2.16. The summed E-state index contributed by atoms with van der Waals surface area (Å²) >= 11 is 0. The Bertz CT molecular complexity index is 797. The standard InChI is InChI=1S/C15H24N2O5S2/c1-12-11-15(13(2)10-14(12)22-3)24(20,21)16-6-9-23(18,19)17-7-4-5-8-17/h10-11,16H,4-9H2,1-3H3. The fraction of sp³-hybridized carbons (Fsp3) is 0.600. The first-order chi connectivity index (χ1) is 11.2. The molecule has 1 aliphatic rings. The summed E-state index contributed by atoms with van der Waals surface area (Å²) < 4.78 is 58.2. The summed E-state index contributed by atoms with van der Waals surface area (Å²) in [7, 11) is -5.65. The number of rotatable bonds is 7. The number of hydrogen-bond acceptors (Lipinski definition) is 5. The van der Waals surface area contributed by atoms with Gasteiger partial charge in [-0.2, -0.15) is 0 Å². The predicted octanol–water partition coefficient (Wildman–Crippen LogP) is 1.02. The first-order valence-electron chi connectivity index (χ1n) is 7.80. The molecular formula is C15H24N2O5S2. The zero-order valence-electron chi connectivity index (χ0n) is 14.2. The Morgan fingerprint density at radius 1 is 1.08 bits per heavy atom. The molecular weight excluding hydrogens is 352 g/mol. The van der Waals surface area contributed by atoms with Crippen LogP contribution in [0.2, 0.25) is 0 Å². The molecule has 1 saturated heterocycles. The summed E-state index contributed by atoms with van der Waals surface area (Å²) in [4.78, 5) is 0.138. The number of methoxy groups -OCH3 is 1. The van der Waals surface area contributed by atoms with E-state index >= 15 is 0 Å². The van der Waals surface area contributed by atoms with Gasteiger partial charge in [0.1, 0.15) is 5.75 Å². The summed E-state index contributed by atoms with van der Waals surface area (Å²) in [6.07, 6.45) is 1.71. The van der Waals surface area contributed by atoms with E-state index in [1.54, 1.807) is 19.9 Å². The van der Waals surface area contributed by atoms with Crippen molar-refractivity contribution in [3.63, 3.8) is 0 Å². The summed E-state index contributed by atoms with van der Waals surface area (Å²) in [6, 6.07) is 3.19. The lowest BCUT2D eigenvalue weighted by Crippen LogP contribution is -2.36. The molecule has 1 aliphatic heterocycles. The molecule has 0 aromatic heterocycles. The lowest BCUT2D eigenvalue weighted by molar-refractivity contribution is 0.411. The molecule has 0 radical (unpaired) electrons. The molecule has 136 valence electrons. The zero-order valence-corrected chi connectivity index (χ0v) is 15.8. The molecule has 1 heterocycles. The van der Waals surface area contributed by atoms with E-state index in [0.717, 1.165) is 12.8 Å². The number of sulfonamides is 2. The van der Waals surface area contributed by atoms with Crippen molar-refractivity contribution in [2.24, 2.45) is 0 Å². The average molecular weight is 377 g/mol. The Morgan fingerprint density at radius 3 is 2.29 bits per heavy atom. The van der Waals surface area contributed by atoms with Crippen LogP contribution in [-0.4, -0.2) is 53.6 Å². The fourth-order valence-electron chi connectivity index (χ4n) is 2.75. The van der Waals surface area contributed by atoms with E-state index in [4.69, 9.17) is 4.74 Å². The molecule has 24 heavy (non-hydrogen) atoms.